The first kappa shape index (κ1) is 14.9. The van der Waals surface area contributed by atoms with E-state index in [1.54, 1.807) is 11.7 Å². The molecule has 3 N–H and O–H groups in total. The summed E-state index contributed by atoms with van der Waals surface area (Å²) in [6, 6.07) is 11.6. The van der Waals surface area contributed by atoms with Crippen LogP contribution in [0, 0.1) is 0 Å². The number of aliphatic hydroxyl groups is 1. The van der Waals surface area contributed by atoms with Crippen LogP contribution in [0.15, 0.2) is 48.1 Å². The number of carbonyl (C=O) groups excluding carboxylic acids is 1. The molecule has 1 aliphatic rings. The van der Waals surface area contributed by atoms with Crippen molar-refractivity contribution in [3.63, 3.8) is 0 Å². The van der Waals surface area contributed by atoms with Gasteiger partial charge in [-0.1, -0.05) is 12.1 Å². The average Bonchev–Trinajstić information content (AvgIpc) is 3.18. The molecule has 4 rings (SSSR count). The zero-order chi connectivity index (χ0) is 16.5. The van der Waals surface area contributed by atoms with Crippen LogP contribution in [0.25, 0.3) is 15.8 Å². The second-order valence-corrected chi connectivity index (χ2v) is 6.37. The van der Waals surface area contributed by atoms with E-state index in [1.165, 1.54) is 11.3 Å². The molecule has 0 fully saturated rings. The molecule has 0 saturated carbocycles. The van der Waals surface area contributed by atoms with Crippen molar-refractivity contribution in [1.29, 1.82) is 0 Å². The molecule has 24 heavy (non-hydrogen) atoms. The molecule has 0 atom stereocenters. The number of aliphatic hydroxyl groups excluding tert-OH is 1. The largest absolute Gasteiger partial charge is 0.396 e. The maximum Gasteiger partial charge on any atom is 0.257 e. The van der Waals surface area contributed by atoms with E-state index >= 15 is 0 Å². The van der Waals surface area contributed by atoms with E-state index in [4.69, 9.17) is 5.11 Å². The van der Waals surface area contributed by atoms with Crippen molar-refractivity contribution in [2.45, 2.75) is 6.42 Å². The smallest absolute Gasteiger partial charge is 0.257 e. The van der Waals surface area contributed by atoms with E-state index in [9.17, 15) is 4.79 Å². The summed E-state index contributed by atoms with van der Waals surface area (Å²) < 4.78 is 1.01. The average molecular weight is 337 g/mol. The summed E-state index contributed by atoms with van der Waals surface area (Å²) in [5, 5.41) is 15.0. The minimum Gasteiger partial charge on any atom is -0.396 e. The van der Waals surface area contributed by atoms with Gasteiger partial charge in [-0.15, -0.1) is 11.3 Å². The Morgan fingerprint density at radius 1 is 1.21 bits per heavy atom. The second kappa shape index (κ2) is 6.07. The normalized spacial score (nSPS) is 14.9. The second-order valence-electron chi connectivity index (χ2n) is 5.52. The quantitative estimate of drug-likeness (QED) is 0.639. The number of hydrogen-bond donors (Lipinski definition) is 3. The summed E-state index contributed by atoms with van der Waals surface area (Å²) in [6.45, 7) is 0.138. The Balaban J connectivity index is 1.66. The number of anilines is 2. The van der Waals surface area contributed by atoms with Gasteiger partial charge >= 0.3 is 0 Å². The van der Waals surface area contributed by atoms with Crippen LogP contribution < -0.4 is 10.6 Å². The first-order chi connectivity index (χ1) is 11.8. The van der Waals surface area contributed by atoms with Crippen LogP contribution >= 0.6 is 11.3 Å². The topological polar surface area (TPSA) is 74.2 Å². The number of rotatable bonds is 4. The monoisotopic (exact) mass is 337 g/mol. The van der Waals surface area contributed by atoms with Crippen molar-refractivity contribution in [2.24, 2.45) is 0 Å². The number of nitrogens with zero attached hydrogens (tertiary/aromatic N) is 1. The Bertz CT molecular complexity index is 945. The molecule has 0 bridgehead atoms. The molecule has 1 aliphatic heterocycles. The standard InChI is InChI=1S/C18H15N3O2S/c22-8-7-11-1-3-12(4-2-11)19-9-13-16-14(21-18(13)23)5-6-15-17(16)24-10-20-15/h1-6,9-10,19,22H,7-8H2,(H,21,23)/b13-9-. The van der Waals surface area contributed by atoms with Crippen molar-refractivity contribution in [2.75, 3.05) is 17.2 Å². The minimum absolute atomic E-state index is 0.115. The molecule has 0 unspecified atom stereocenters. The number of carbonyl (C=O) groups is 1. The van der Waals surface area contributed by atoms with E-state index in [1.807, 2.05) is 36.4 Å². The fourth-order valence-electron chi connectivity index (χ4n) is 2.79. The molecule has 0 aliphatic carbocycles. The van der Waals surface area contributed by atoms with E-state index in [0.717, 1.165) is 32.7 Å². The summed E-state index contributed by atoms with van der Waals surface area (Å²) >= 11 is 1.53. The van der Waals surface area contributed by atoms with Crippen molar-refractivity contribution >= 4 is 44.4 Å². The molecule has 1 amide bonds. The van der Waals surface area contributed by atoms with E-state index in [0.29, 0.717) is 12.0 Å². The zero-order valence-electron chi connectivity index (χ0n) is 12.7. The van der Waals surface area contributed by atoms with Crippen LogP contribution in [-0.4, -0.2) is 22.6 Å². The Hall–Kier alpha value is -2.70. The Kier molecular flexibility index (Phi) is 3.76. The maximum atomic E-state index is 12.3. The fraction of sp³-hybridized carbons (Fsp3) is 0.111. The highest BCUT2D eigenvalue weighted by Gasteiger charge is 2.27. The van der Waals surface area contributed by atoms with Gasteiger partial charge in [0.25, 0.3) is 5.91 Å². The lowest BCUT2D eigenvalue weighted by molar-refractivity contribution is -0.110. The number of amides is 1. The van der Waals surface area contributed by atoms with Crippen LogP contribution in [0.3, 0.4) is 0 Å². The Morgan fingerprint density at radius 2 is 2.04 bits per heavy atom. The third kappa shape index (κ3) is 2.55. The lowest BCUT2D eigenvalue weighted by Gasteiger charge is -2.05. The van der Waals surface area contributed by atoms with E-state index in [2.05, 4.69) is 15.6 Å². The molecule has 2 heterocycles. The summed E-state index contributed by atoms with van der Waals surface area (Å²) in [5.74, 6) is -0.115. The van der Waals surface area contributed by atoms with Gasteiger partial charge in [0.05, 0.1) is 27.0 Å². The number of aromatic nitrogens is 1. The number of hydrogen-bond acceptors (Lipinski definition) is 5. The summed E-state index contributed by atoms with van der Waals surface area (Å²) in [7, 11) is 0. The third-order valence-electron chi connectivity index (χ3n) is 4.00. The van der Waals surface area contributed by atoms with Gasteiger partial charge in [-0.05, 0) is 36.2 Å². The highest BCUT2D eigenvalue weighted by Crippen LogP contribution is 2.39. The van der Waals surface area contributed by atoms with Gasteiger partial charge < -0.3 is 15.7 Å². The fourth-order valence-corrected chi connectivity index (χ4v) is 3.64. The number of thiazole rings is 1. The molecule has 0 saturated heterocycles. The molecule has 0 radical (unpaired) electrons. The molecule has 1 aromatic heterocycles. The van der Waals surface area contributed by atoms with E-state index in [-0.39, 0.29) is 12.5 Å². The van der Waals surface area contributed by atoms with Gasteiger partial charge in [0, 0.05) is 24.1 Å². The minimum atomic E-state index is -0.115. The Morgan fingerprint density at radius 3 is 2.83 bits per heavy atom. The SMILES string of the molecule is O=C1Nc2ccc3ncsc3c2/C1=C/Nc1ccc(CCO)cc1. The highest BCUT2D eigenvalue weighted by molar-refractivity contribution is 7.17. The molecule has 2 aromatic carbocycles. The van der Waals surface area contributed by atoms with Crippen LogP contribution in [0.1, 0.15) is 11.1 Å². The van der Waals surface area contributed by atoms with E-state index < -0.39 is 0 Å². The maximum absolute atomic E-state index is 12.3. The highest BCUT2D eigenvalue weighted by atomic mass is 32.1. The molecule has 0 spiro atoms. The zero-order valence-corrected chi connectivity index (χ0v) is 13.6. The van der Waals surface area contributed by atoms with Crippen molar-refractivity contribution in [3.8, 4) is 0 Å². The molecule has 120 valence electrons. The van der Waals surface area contributed by atoms with Gasteiger partial charge in [-0.3, -0.25) is 4.79 Å². The predicted octanol–water partition coefficient (Wildman–Crippen LogP) is 3.24. The van der Waals surface area contributed by atoms with Crippen molar-refractivity contribution in [3.05, 3.63) is 59.2 Å². The van der Waals surface area contributed by atoms with Gasteiger partial charge in [0.15, 0.2) is 0 Å². The number of fused-ring (bicyclic) bond motifs is 3. The summed E-state index contributed by atoms with van der Waals surface area (Å²) in [4.78, 5) is 16.6. The van der Waals surface area contributed by atoms with Crippen molar-refractivity contribution < 1.29 is 9.90 Å². The Labute approximate surface area is 142 Å². The lowest BCUT2D eigenvalue weighted by atomic mass is 10.1. The van der Waals surface area contributed by atoms with Gasteiger partial charge in [-0.25, -0.2) is 4.98 Å². The summed E-state index contributed by atoms with van der Waals surface area (Å²) in [5.41, 5.74) is 6.99. The number of nitrogens with one attached hydrogen (secondary N) is 2. The molecule has 5 nitrogen and oxygen atoms in total. The molecule has 6 heteroatoms. The van der Waals surface area contributed by atoms with Gasteiger partial charge in [-0.2, -0.15) is 0 Å². The third-order valence-corrected chi connectivity index (χ3v) is 4.86. The first-order valence-electron chi connectivity index (χ1n) is 7.60. The molecule has 3 aromatic rings. The van der Waals surface area contributed by atoms with Gasteiger partial charge in [0.1, 0.15) is 0 Å². The molecular formula is C18H15N3O2S. The van der Waals surface area contributed by atoms with Crippen LogP contribution in [0.4, 0.5) is 11.4 Å². The van der Waals surface area contributed by atoms with Crippen LogP contribution in [-0.2, 0) is 11.2 Å². The lowest BCUT2D eigenvalue weighted by Crippen LogP contribution is -2.05. The van der Waals surface area contributed by atoms with Crippen LogP contribution in [0.5, 0.6) is 0 Å². The van der Waals surface area contributed by atoms with Crippen molar-refractivity contribution in [1.82, 2.24) is 4.98 Å². The summed E-state index contributed by atoms with van der Waals surface area (Å²) in [6.07, 6.45) is 2.38. The molecular weight excluding hydrogens is 322 g/mol. The van der Waals surface area contributed by atoms with Crippen LogP contribution in [0.2, 0.25) is 0 Å². The predicted molar refractivity (Wildman–Crippen MR) is 97.1 cm³/mol. The van der Waals surface area contributed by atoms with Gasteiger partial charge in [0.2, 0.25) is 0 Å². The first-order valence-corrected chi connectivity index (χ1v) is 8.48. The number of benzene rings is 2.